The molecule has 4 rings (SSSR count). The number of allylic oxidation sites excluding steroid dienone is 2. The third-order valence-corrected chi connectivity index (χ3v) is 5.52. The molecule has 0 aliphatic carbocycles. The Bertz CT molecular complexity index is 1160. The van der Waals surface area contributed by atoms with Gasteiger partial charge in [-0.05, 0) is 55.8 Å². The van der Waals surface area contributed by atoms with Crippen molar-refractivity contribution in [1.82, 2.24) is 5.32 Å². The molecule has 0 fully saturated rings. The van der Waals surface area contributed by atoms with Gasteiger partial charge in [0.15, 0.2) is 0 Å². The van der Waals surface area contributed by atoms with Crippen molar-refractivity contribution < 1.29 is 14.0 Å². The van der Waals surface area contributed by atoms with Crippen LogP contribution in [0.2, 0.25) is 0 Å². The van der Waals surface area contributed by atoms with Gasteiger partial charge in [0.25, 0.3) is 11.8 Å². The SMILES string of the molecule is CC1=C(C(=O)Nc2ccccc2)C(c2ccc(F)cc2)C(C(=O)Nc2ccccc2)=C(C)N1. The quantitative estimate of drug-likeness (QED) is 0.501. The lowest BCUT2D eigenvalue weighted by Crippen LogP contribution is -2.35. The van der Waals surface area contributed by atoms with Gasteiger partial charge in [0.05, 0.1) is 0 Å². The third-order valence-electron chi connectivity index (χ3n) is 5.52. The number of carbonyl (C=O) groups excluding carboxylic acids is 2. The van der Waals surface area contributed by atoms with Crippen LogP contribution in [0, 0.1) is 5.82 Å². The number of rotatable bonds is 5. The Morgan fingerprint density at radius 2 is 1.12 bits per heavy atom. The molecule has 3 aromatic rings. The molecule has 1 aliphatic rings. The van der Waals surface area contributed by atoms with E-state index in [4.69, 9.17) is 0 Å². The summed E-state index contributed by atoms with van der Waals surface area (Å²) in [5.41, 5.74) is 3.99. The van der Waals surface area contributed by atoms with E-state index in [1.54, 1.807) is 50.2 Å². The smallest absolute Gasteiger partial charge is 0.254 e. The van der Waals surface area contributed by atoms with Crippen LogP contribution in [0.15, 0.2) is 107 Å². The van der Waals surface area contributed by atoms with Crippen molar-refractivity contribution >= 4 is 23.2 Å². The first-order chi connectivity index (χ1) is 15.9. The van der Waals surface area contributed by atoms with Gasteiger partial charge in [0.1, 0.15) is 5.82 Å². The first-order valence-corrected chi connectivity index (χ1v) is 10.6. The summed E-state index contributed by atoms with van der Waals surface area (Å²) in [5, 5.41) is 9.01. The van der Waals surface area contributed by atoms with Crippen LogP contribution >= 0.6 is 0 Å². The second-order valence-corrected chi connectivity index (χ2v) is 7.83. The molecule has 166 valence electrons. The van der Waals surface area contributed by atoms with E-state index in [1.807, 2.05) is 36.4 Å². The van der Waals surface area contributed by atoms with E-state index in [2.05, 4.69) is 16.0 Å². The third kappa shape index (κ3) is 4.85. The van der Waals surface area contributed by atoms with Crippen molar-refractivity contribution in [3.63, 3.8) is 0 Å². The highest BCUT2D eigenvalue weighted by Gasteiger charge is 2.36. The zero-order valence-corrected chi connectivity index (χ0v) is 18.4. The normalized spacial score (nSPS) is 14.0. The van der Waals surface area contributed by atoms with Gasteiger partial charge in [-0.15, -0.1) is 0 Å². The molecule has 1 heterocycles. The van der Waals surface area contributed by atoms with Crippen molar-refractivity contribution in [2.45, 2.75) is 19.8 Å². The Kier molecular flexibility index (Phi) is 6.36. The lowest BCUT2D eigenvalue weighted by molar-refractivity contribution is -0.113. The molecule has 0 atom stereocenters. The van der Waals surface area contributed by atoms with Gasteiger partial charge in [-0.1, -0.05) is 48.5 Å². The molecule has 0 unspecified atom stereocenters. The summed E-state index contributed by atoms with van der Waals surface area (Å²) in [6.07, 6.45) is 0. The Morgan fingerprint density at radius 1 is 0.697 bits per heavy atom. The van der Waals surface area contributed by atoms with Gasteiger partial charge in [-0.3, -0.25) is 9.59 Å². The largest absolute Gasteiger partial charge is 0.362 e. The van der Waals surface area contributed by atoms with Crippen LogP contribution in [-0.4, -0.2) is 11.8 Å². The molecule has 0 spiro atoms. The minimum atomic E-state index is -0.681. The Labute approximate surface area is 192 Å². The van der Waals surface area contributed by atoms with Crippen LogP contribution < -0.4 is 16.0 Å². The van der Waals surface area contributed by atoms with Crippen molar-refractivity contribution in [3.05, 3.63) is 119 Å². The molecular weight excluding hydrogens is 417 g/mol. The Hall–Kier alpha value is -4.19. The molecule has 0 radical (unpaired) electrons. The molecule has 3 N–H and O–H groups in total. The maximum absolute atomic E-state index is 13.7. The summed E-state index contributed by atoms with van der Waals surface area (Å²) in [7, 11) is 0. The number of benzene rings is 3. The second-order valence-electron chi connectivity index (χ2n) is 7.83. The number of nitrogens with one attached hydrogen (secondary N) is 3. The molecule has 0 bridgehead atoms. The summed E-state index contributed by atoms with van der Waals surface area (Å²) in [5.74, 6) is -1.74. The highest BCUT2D eigenvalue weighted by atomic mass is 19.1. The lowest BCUT2D eigenvalue weighted by atomic mass is 9.79. The van der Waals surface area contributed by atoms with Gasteiger partial charge >= 0.3 is 0 Å². The number of amides is 2. The molecular formula is C27H24FN3O2. The summed E-state index contributed by atoms with van der Waals surface area (Å²) in [4.78, 5) is 26.8. The molecule has 2 amide bonds. The highest BCUT2D eigenvalue weighted by Crippen LogP contribution is 2.39. The molecule has 1 aliphatic heterocycles. The first-order valence-electron chi connectivity index (χ1n) is 10.6. The average Bonchev–Trinajstić information content (AvgIpc) is 2.80. The maximum Gasteiger partial charge on any atom is 0.254 e. The minimum Gasteiger partial charge on any atom is -0.362 e. The van der Waals surface area contributed by atoms with Crippen molar-refractivity contribution in [2.24, 2.45) is 0 Å². The average molecular weight is 442 g/mol. The predicted molar refractivity (Wildman–Crippen MR) is 128 cm³/mol. The van der Waals surface area contributed by atoms with Crippen LogP contribution in [0.1, 0.15) is 25.3 Å². The molecule has 3 aromatic carbocycles. The molecule has 6 heteroatoms. The van der Waals surface area contributed by atoms with Gasteiger partial charge in [0.2, 0.25) is 0 Å². The number of carbonyl (C=O) groups is 2. The fourth-order valence-corrected chi connectivity index (χ4v) is 4.02. The maximum atomic E-state index is 13.7. The lowest BCUT2D eigenvalue weighted by Gasteiger charge is -2.31. The zero-order valence-electron chi connectivity index (χ0n) is 18.4. The number of halogens is 1. The Morgan fingerprint density at radius 3 is 1.55 bits per heavy atom. The van der Waals surface area contributed by atoms with Crippen LogP contribution in [0.3, 0.4) is 0 Å². The minimum absolute atomic E-state index is 0.335. The van der Waals surface area contributed by atoms with Gasteiger partial charge in [0, 0.05) is 39.8 Å². The van der Waals surface area contributed by atoms with Crippen LogP contribution in [0.5, 0.6) is 0 Å². The number of para-hydroxylation sites is 2. The summed E-state index contributed by atoms with van der Waals surface area (Å²) < 4.78 is 13.7. The Balaban J connectivity index is 1.76. The van der Waals surface area contributed by atoms with Crippen molar-refractivity contribution in [2.75, 3.05) is 10.6 Å². The summed E-state index contributed by atoms with van der Waals surface area (Å²) in [6.45, 7) is 3.59. The van der Waals surface area contributed by atoms with E-state index in [9.17, 15) is 14.0 Å². The number of hydrogen-bond acceptors (Lipinski definition) is 3. The van der Waals surface area contributed by atoms with E-state index in [-0.39, 0.29) is 17.6 Å². The van der Waals surface area contributed by atoms with E-state index in [0.29, 0.717) is 39.5 Å². The second kappa shape index (κ2) is 9.53. The highest BCUT2D eigenvalue weighted by molar-refractivity contribution is 6.11. The van der Waals surface area contributed by atoms with E-state index < -0.39 is 5.92 Å². The standard InChI is InChI=1S/C27H24FN3O2/c1-17-23(26(32)30-21-9-5-3-6-10-21)25(19-13-15-20(28)16-14-19)24(18(2)29-17)27(33)31-22-11-7-4-8-12-22/h3-16,25,29H,1-2H3,(H,30,32)(H,31,33). The molecule has 0 saturated carbocycles. The monoisotopic (exact) mass is 441 g/mol. The van der Waals surface area contributed by atoms with E-state index in [1.165, 1.54) is 12.1 Å². The van der Waals surface area contributed by atoms with Crippen LogP contribution in [-0.2, 0) is 9.59 Å². The zero-order chi connectivity index (χ0) is 23.4. The topological polar surface area (TPSA) is 70.2 Å². The summed E-state index contributed by atoms with van der Waals surface area (Å²) >= 11 is 0. The van der Waals surface area contributed by atoms with E-state index >= 15 is 0 Å². The number of dihydropyridines is 1. The fraction of sp³-hybridized carbons (Fsp3) is 0.111. The van der Waals surface area contributed by atoms with Gasteiger partial charge in [-0.2, -0.15) is 0 Å². The van der Waals surface area contributed by atoms with Crippen molar-refractivity contribution in [1.29, 1.82) is 0 Å². The molecule has 0 aromatic heterocycles. The van der Waals surface area contributed by atoms with Gasteiger partial charge < -0.3 is 16.0 Å². The number of hydrogen-bond donors (Lipinski definition) is 3. The van der Waals surface area contributed by atoms with Crippen LogP contribution in [0.4, 0.5) is 15.8 Å². The van der Waals surface area contributed by atoms with Crippen LogP contribution in [0.25, 0.3) is 0 Å². The number of anilines is 2. The first kappa shape index (κ1) is 22.0. The molecule has 5 nitrogen and oxygen atoms in total. The van der Waals surface area contributed by atoms with Gasteiger partial charge in [-0.25, -0.2) is 4.39 Å². The fourth-order valence-electron chi connectivity index (χ4n) is 4.02. The molecule has 33 heavy (non-hydrogen) atoms. The predicted octanol–water partition coefficient (Wildman–Crippen LogP) is 5.34. The summed E-state index contributed by atoms with van der Waals surface area (Å²) in [6, 6.07) is 24.1. The van der Waals surface area contributed by atoms with Crippen molar-refractivity contribution in [3.8, 4) is 0 Å². The molecule has 0 saturated heterocycles. The van der Waals surface area contributed by atoms with E-state index in [0.717, 1.165) is 0 Å².